The maximum Gasteiger partial charge on any atom is 0.316 e. The van der Waals surface area contributed by atoms with E-state index in [-0.39, 0.29) is 24.2 Å². The van der Waals surface area contributed by atoms with Gasteiger partial charge in [0, 0.05) is 25.2 Å². The van der Waals surface area contributed by atoms with Crippen LogP contribution in [0.5, 0.6) is 11.8 Å². The molecule has 0 saturated carbocycles. The molecule has 1 amide bonds. The van der Waals surface area contributed by atoms with Crippen molar-refractivity contribution in [3.63, 3.8) is 0 Å². The Morgan fingerprint density at radius 3 is 2.81 bits per heavy atom. The minimum atomic E-state index is -0.323. The number of carbonyl (C=O) groups is 1. The van der Waals surface area contributed by atoms with Gasteiger partial charge in [-0.2, -0.15) is 0 Å². The van der Waals surface area contributed by atoms with E-state index in [9.17, 15) is 4.79 Å². The Kier molecular flexibility index (Phi) is 4.94. The van der Waals surface area contributed by atoms with E-state index < -0.39 is 0 Å². The number of likely N-dealkylation sites (tertiary alicyclic amines) is 1. The molecule has 0 radical (unpaired) electrons. The number of amides is 1. The van der Waals surface area contributed by atoms with Crippen molar-refractivity contribution in [3.05, 3.63) is 48.3 Å². The summed E-state index contributed by atoms with van der Waals surface area (Å²) in [7, 11) is 0. The standard InChI is InChI=1S/C20H23N3O4/c1-15-5-2-3-6-17(15)25-12-18(24)23-13-20(14-23)11-16(7-10-26-20)27-19-21-8-4-9-22-19/h2-6,8-9,16H,7,10-14H2,1H3/t16-/m0/s1. The van der Waals surface area contributed by atoms with Crippen LogP contribution in [0.15, 0.2) is 42.7 Å². The van der Waals surface area contributed by atoms with Gasteiger partial charge in [0.05, 0.1) is 19.7 Å². The third-order valence-electron chi connectivity index (χ3n) is 5.02. The summed E-state index contributed by atoms with van der Waals surface area (Å²) < 4.78 is 17.5. The lowest BCUT2D eigenvalue weighted by Gasteiger charge is -2.52. The van der Waals surface area contributed by atoms with E-state index in [2.05, 4.69) is 9.97 Å². The van der Waals surface area contributed by atoms with Gasteiger partial charge >= 0.3 is 6.01 Å². The zero-order valence-electron chi connectivity index (χ0n) is 15.3. The van der Waals surface area contributed by atoms with Gasteiger partial charge in [0.2, 0.25) is 0 Å². The van der Waals surface area contributed by atoms with Crippen molar-refractivity contribution in [2.75, 3.05) is 26.3 Å². The topological polar surface area (TPSA) is 73.8 Å². The number of hydrogen-bond acceptors (Lipinski definition) is 6. The van der Waals surface area contributed by atoms with E-state index in [1.54, 1.807) is 23.4 Å². The van der Waals surface area contributed by atoms with Crippen molar-refractivity contribution < 1.29 is 19.0 Å². The molecule has 3 heterocycles. The summed E-state index contributed by atoms with van der Waals surface area (Å²) in [5, 5.41) is 0. The lowest BCUT2D eigenvalue weighted by atomic mass is 9.84. The monoisotopic (exact) mass is 369 g/mol. The summed E-state index contributed by atoms with van der Waals surface area (Å²) in [5.41, 5.74) is 0.694. The lowest BCUT2D eigenvalue weighted by Crippen LogP contribution is -2.68. The van der Waals surface area contributed by atoms with E-state index in [0.717, 1.165) is 24.2 Å². The molecule has 0 N–H and O–H groups in total. The van der Waals surface area contributed by atoms with Gasteiger partial charge in [0.15, 0.2) is 6.61 Å². The van der Waals surface area contributed by atoms with Crippen LogP contribution in [0.2, 0.25) is 0 Å². The van der Waals surface area contributed by atoms with Gasteiger partial charge in [-0.1, -0.05) is 18.2 Å². The average Bonchev–Trinajstić information content (AvgIpc) is 2.66. The van der Waals surface area contributed by atoms with Gasteiger partial charge < -0.3 is 19.1 Å². The molecule has 27 heavy (non-hydrogen) atoms. The van der Waals surface area contributed by atoms with Crippen molar-refractivity contribution in [1.82, 2.24) is 14.9 Å². The Labute approximate surface area is 158 Å². The maximum absolute atomic E-state index is 12.4. The smallest absolute Gasteiger partial charge is 0.316 e. The SMILES string of the molecule is Cc1ccccc1OCC(=O)N1CC2(C[C@@H](Oc3ncccn3)CCO2)C1. The Balaban J connectivity index is 1.27. The molecule has 0 unspecified atom stereocenters. The highest BCUT2D eigenvalue weighted by molar-refractivity contribution is 5.79. The Bertz CT molecular complexity index is 793. The average molecular weight is 369 g/mol. The number of para-hydroxylation sites is 1. The Hall–Kier alpha value is -2.67. The molecule has 7 heteroatoms. The molecule has 0 aliphatic carbocycles. The minimum absolute atomic E-state index is 0.00150. The molecule has 142 valence electrons. The molecule has 2 aromatic rings. The molecule has 2 aliphatic heterocycles. The minimum Gasteiger partial charge on any atom is -0.484 e. The molecule has 1 aromatic heterocycles. The highest BCUT2D eigenvalue weighted by Crippen LogP contribution is 2.35. The first-order chi connectivity index (χ1) is 13.1. The van der Waals surface area contributed by atoms with Crippen molar-refractivity contribution in [1.29, 1.82) is 0 Å². The fourth-order valence-corrected chi connectivity index (χ4v) is 3.57. The number of rotatable bonds is 5. The zero-order chi connectivity index (χ0) is 18.7. The van der Waals surface area contributed by atoms with E-state index in [4.69, 9.17) is 14.2 Å². The predicted molar refractivity (Wildman–Crippen MR) is 97.6 cm³/mol. The summed E-state index contributed by atoms with van der Waals surface area (Å²) in [6.07, 6.45) is 4.85. The molecule has 1 atom stereocenters. The van der Waals surface area contributed by atoms with Gasteiger partial charge in [-0.15, -0.1) is 0 Å². The van der Waals surface area contributed by atoms with Crippen molar-refractivity contribution in [2.24, 2.45) is 0 Å². The number of benzene rings is 1. The van der Waals surface area contributed by atoms with Crippen LogP contribution in [0.25, 0.3) is 0 Å². The number of carbonyl (C=O) groups excluding carboxylic acids is 1. The largest absolute Gasteiger partial charge is 0.484 e. The molecule has 4 rings (SSSR count). The van der Waals surface area contributed by atoms with E-state index in [1.807, 2.05) is 31.2 Å². The molecule has 7 nitrogen and oxygen atoms in total. The van der Waals surface area contributed by atoms with Gasteiger partial charge in [0.25, 0.3) is 5.91 Å². The molecule has 2 fully saturated rings. The second-order valence-electron chi connectivity index (χ2n) is 7.10. The van der Waals surface area contributed by atoms with Crippen LogP contribution >= 0.6 is 0 Å². The van der Waals surface area contributed by atoms with Crippen LogP contribution in [-0.2, 0) is 9.53 Å². The van der Waals surface area contributed by atoms with Crippen molar-refractivity contribution >= 4 is 5.91 Å². The van der Waals surface area contributed by atoms with Crippen LogP contribution < -0.4 is 9.47 Å². The summed E-state index contributed by atoms with van der Waals surface area (Å²) in [5.74, 6) is 0.716. The molecule has 2 saturated heterocycles. The first kappa shape index (κ1) is 17.7. The Morgan fingerprint density at radius 2 is 2.04 bits per heavy atom. The highest BCUT2D eigenvalue weighted by atomic mass is 16.5. The summed E-state index contributed by atoms with van der Waals surface area (Å²) in [6.45, 7) is 3.75. The molecular formula is C20H23N3O4. The van der Waals surface area contributed by atoms with Crippen LogP contribution in [0.4, 0.5) is 0 Å². The summed E-state index contributed by atoms with van der Waals surface area (Å²) in [4.78, 5) is 22.4. The van der Waals surface area contributed by atoms with E-state index >= 15 is 0 Å². The number of aryl methyl sites for hydroxylation is 1. The van der Waals surface area contributed by atoms with Crippen molar-refractivity contribution in [3.8, 4) is 11.8 Å². The van der Waals surface area contributed by atoms with E-state index in [1.165, 1.54) is 0 Å². The first-order valence-electron chi connectivity index (χ1n) is 9.17. The first-order valence-corrected chi connectivity index (χ1v) is 9.17. The molecule has 0 bridgehead atoms. The number of aromatic nitrogens is 2. The fourth-order valence-electron chi connectivity index (χ4n) is 3.57. The van der Waals surface area contributed by atoms with Gasteiger partial charge in [-0.25, -0.2) is 9.97 Å². The maximum atomic E-state index is 12.4. The van der Waals surface area contributed by atoms with Gasteiger partial charge in [0.1, 0.15) is 17.5 Å². The van der Waals surface area contributed by atoms with Gasteiger partial charge in [-0.05, 0) is 24.6 Å². The molecule has 2 aliphatic rings. The van der Waals surface area contributed by atoms with E-state index in [0.29, 0.717) is 25.7 Å². The predicted octanol–water partition coefficient (Wildman–Crippen LogP) is 2.00. The number of ether oxygens (including phenoxy) is 3. The zero-order valence-corrected chi connectivity index (χ0v) is 15.3. The second kappa shape index (κ2) is 7.52. The number of nitrogens with zero attached hydrogens (tertiary/aromatic N) is 3. The Morgan fingerprint density at radius 1 is 1.26 bits per heavy atom. The molecular weight excluding hydrogens is 346 g/mol. The summed E-state index contributed by atoms with van der Waals surface area (Å²) >= 11 is 0. The normalized spacial score (nSPS) is 20.8. The third kappa shape index (κ3) is 4.03. The summed E-state index contributed by atoms with van der Waals surface area (Å²) in [6, 6.07) is 9.83. The lowest BCUT2D eigenvalue weighted by molar-refractivity contribution is -0.194. The molecule has 1 aromatic carbocycles. The highest BCUT2D eigenvalue weighted by Gasteiger charge is 2.50. The third-order valence-corrected chi connectivity index (χ3v) is 5.02. The van der Waals surface area contributed by atoms with Gasteiger partial charge in [-0.3, -0.25) is 4.79 Å². The van der Waals surface area contributed by atoms with Crippen LogP contribution in [0.3, 0.4) is 0 Å². The van der Waals surface area contributed by atoms with Crippen molar-refractivity contribution in [2.45, 2.75) is 31.5 Å². The quantitative estimate of drug-likeness (QED) is 0.803. The van der Waals surface area contributed by atoms with Crippen LogP contribution in [-0.4, -0.2) is 58.8 Å². The second-order valence-corrected chi connectivity index (χ2v) is 7.10. The molecule has 1 spiro atoms. The number of hydrogen-bond donors (Lipinski definition) is 0. The van der Waals surface area contributed by atoms with Crippen LogP contribution in [0, 0.1) is 6.92 Å². The van der Waals surface area contributed by atoms with Crippen LogP contribution in [0.1, 0.15) is 18.4 Å². The fraction of sp³-hybridized carbons (Fsp3) is 0.450.